The second-order valence-electron chi connectivity index (χ2n) is 4.49. The van der Waals surface area contributed by atoms with Gasteiger partial charge in [0.15, 0.2) is 0 Å². The van der Waals surface area contributed by atoms with Crippen LogP contribution in [-0.4, -0.2) is 21.9 Å². The predicted molar refractivity (Wildman–Crippen MR) is 74.8 cm³/mol. The third-order valence-electron chi connectivity index (χ3n) is 2.54. The van der Waals surface area contributed by atoms with E-state index in [2.05, 4.69) is 5.32 Å². The normalized spacial score (nSPS) is 12.4. The highest BCUT2D eigenvalue weighted by Gasteiger charge is 2.11. The molecule has 0 aliphatic heterocycles. The Morgan fingerprint density at radius 1 is 1.44 bits per heavy atom. The van der Waals surface area contributed by atoms with Crippen LogP contribution >= 0.6 is 0 Å². The summed E-state index contributed by atoms with van der Waals surface area (Å²) >= 11 is 0. The topological polar surface area (TPSA) is 72.2 Å². The second kappa shape index (κ2) is 6.54. The maximum atomic E-state index is 12.1. The summed E-state index contributed by atoms with van der Waals surface area (Å²) in [6.45, 7) is 5.64. The van der Waals surface area contributed by atoms with Crippen molar-refractivity contribution in [2.24, 2.45) is 0 Å². The monoisotopic (exact) mass is 268 g/mol. The number of nitrogen functional groups attached to an aromatic ring is 1. The predicted octanol–water partition coefficient (Wildman–Crippen LogP) is 1.60. The number of anilines is 1. The zero-order valence-electron chi connectivity index (χ0n) is 11.0. The highest BCUT2D eigenvalue weighted by Crippen LogP contribution is 2.19. The van der Waals surface area contributed by atoms with E-state index in [4.69, 9.17) is 5.73 Å². The van der Waals surface area contributed by atoms with Crippen LogP contribution < -0.4 is 11.1 Å². The SMILES string of the molecule is Cc1c(N)cccc1S(=O)CCC(=O)NC(C)C. The fourth-order valence-corrected chi connectivity index (χ4v) is 2.85. The zero-order chi connectivity index (χ0) is 13.7. The molecule has 0 saturated heterocycles. The minimum Gasteiger partial charge on any atom is -0.398 e. The van der Waals surface area contributed by atoms with Gasteiger partial charge in [-0.2, -0.15) is 0 Å². The van der Waals surface area contributed by atoms with Gasteiger partial charge in [-0.25, -0.2) is 0 Å². The molecule has 1 atom stereocenters. The summed E-state index contributed by atoms with van der Waals surface area (Å²) in [5, 5.41) is 2.78. The van der Waals surface area contributed by atoms with Crippen LogP contribution in [0.4, 0.5) is 5.69 Å². The van der Waals surface area contributed by atoms with Crippen LogP contribution in [0.25, 0.3) is 0 Å². The van der Waals surface area contributed by atoms with Crippen molar-refractivity contribution in [1.29, 1.82) is 0 Å². The molecule has 100 valence electrons. The lowest BCUT2D eigenvalue weighted by Crippen LogP contribution is -2.30. The van der Waals surface area contributed by atoms with Gasteiger partial charge < -0.3 is 11.1 Å². The minimum atomic E-state index is -1.18. The Labute approximate surface area is 110 Å². The number of rotatable bonds is 5. The molecule has 1 aromatic rings. The summed E-state index contributed by atoms with van der Waals surface area (Å²) in [5.41, 5.74) is 7.23. The third-order valence-corrected chi connectivity index (χ3v) is 4.04. The summed E-state index contributed by atoms with van der Waals surface area (Å²) in [7, 11) is -1.18. The van der Waals surface area contributed by atoms with Crippen molar-refractivity contribution in [2.75, 3.05) is 11.5 Å². The van der Waals surface area contributed by atoms with Crippen LogP contribution in [0, 0.1) is 6.92 Å². The van der Waals surface area contributed by atoms with Gasteiger partial charge in [-0.15, -0.1) is 0 Å². The Morgan fingerprint density at radius 2 is 2.11 bits per heavy atom. The maximum Gasteiger partial charge on any atom is 0.221 e. The van der Waals surface area contributed by atoms with Gasteiger partial charge in [0.2, 0.25) is 5.91 Å². The lowest BCUT2D eigenvalue weighted by molar-refractivity contribution is -0.121. The molecule has 0 aliphatic rings. The van der Waals surface area contributed by atoms with Crippen LogP contribution in [-0.2, 0) is 15.6 Å². The molecule has 0 aromatic heterocycles. The Kier molecular flexibility index (Phi) is 5.34. The van der Waals surface area contributed by atoms with E-state index in [-0.39, 0.29) is 18.4 Å². The van der Waals surface area contributed by atoms with Crippen LogP contribution in [0.15, 0.2) is 23.1 Å². The number of benzene rings is 1. The molecule has 18 heavy (non-hydrogen) atoms. The van der Waals surface area contributed by atoms with E-state index in [1.165, 1.54) is 0 Å². The minimum absolute atomic E-state index is 0.0695. The number of nitrogens with two attached hydrogens (primary N) is 1. The van der Waals surface area contributed by atoms with Crippen LogP contribution in [0.1, 0.15) is 25.8 Å². The molecule has 0 fully saturated rings. The van der Waals surface area contributed by atoms with Gasteiger partial charge in [0.05, 0.1) is 10.8 Å². The van der Waals surface area contributed by atoms with Crippen molar-refractivity contribution < 1.29 is 9.00 Å². The van der Waals surface area contributed by atoms with Gasteiger partial charge in [0, 0.05) is 28.8 Å². The van der Waals surface area contributed by atoms with Gasteiger partial charge in [0.25, 0.3) is 0 Å². The van der Waals surface area contributed by atoms with E-state index in [0.717, 1.165) is 5.56 Å². The Morgan fingerprint density at radius 3 is 2.72 bits per heavy atom. The number of nitrogens with one attached hydrogen (secondary N) is 1. The van der Waals surface area contributed by atoms with Crippen molar-refractivity contribution >= 4 is 22.4 Å². The average molecular weight is 268 g/mol. The first-order valence-electron chi connectivity index (χ1n) is 5.94. The smallest absolute Gasteiger partial charge is 0.221 e. The quantitative estimate of drug-likeness (QED) is 0.797. The molecule has 0 bridgehead atoms. The fourth-order valence-electron chi connectivity index (χ4n) is 1.57. The lowest BCUT2D eigenvalue weighted by atomic mass is 10.2. The first kappa shape index (κ1) is 14.7. The number of hydrogen-bond acceptors (Lipinski definition) is 3. The molecule has 5 heteroatoms. The molecule has 0 saturated carbocycles. The summed E-state index contributed by atoms with van der Waals surface area (Å²) in [6, 6.07) is 5.47. The van der Waals surface area contributed by atoms with E-state index in [1.54, 1.807) is 18.2 Å². The van der Waals surface area contributed by atoms with Gasteiger partial charge in [-0.1, -0.05) is 6.07 Å². The molecular weight excluding hydrogens is 248 g/mol. The molecular formula is C13H20N2O2S. The highest BCUT2D eigenvalue weighted by atomic mass is 32.2. The Hall–Kier alpha value is -1.36. The van der Waals surface area contributed by atoms with E-state index >= 15 is 0 Å². The third kappa shape index (κ3) is 4.14. The Balaban J connectivity index is 2.61. The molecule has 0 aliphatic carbocycles. The maximum absolute atomic E-state index is 12.1. The lowest BCUT2D eigenvalue weighted by Gasteiger charge is -2.10. The summed E-state index contributed by atoms with van der Waals surface area (Å²) in [4.78, 5) is 12.2. The summed E-state index contributed by atoms with van der Waals surface area (Å²) in [5.74, 6) is 0.253. The molecule has 0 spiro atoms. The van der Waals surface area contributed by atoms with E-state index < -0.39 is 10.8 Å². The highest BCUT2D eigenvalue weighted by molar-refractivity contribution is 7.85. The van der Waals surface area contributed by atoms with Gasteiger partial charge in [0.1, 0.15) is 0 Å². The first-order valence-corrected chi connectivity index (χ1v) is 7.26. The largest absolute Gasteiger partial charge is 0.398 e. The molecule has 1 rings (SSSR count). The number of hydrogen-bond donors (Lipinski definition) is 2. The molecule has 1 aromatic carbocycles. The molecule has 1 unspecified atom stereocenters. The van der Waals surface area contributed by atoms with E-state index in [0.29, 0.717) is 16.3 Å². The van der Waals surface area contributed by atoms with Gasteiger partial charge in [-0.05, 0) is 38.5 Å². The van der Waals surface area contributed by atoms with Crippen molar-refractivity contribution in [3.63, 3.8) is 0 Å². The molecule has 0 heterocycles. The van der Waals surface area contributed by atoms with Crippen molar-refractivity contribution in [3.8, 4) is 0 Å². The summed E-state index contributed by atoms with van der Waals surface area (Å²) in [6.07, 6.45) is 0.263. The van der Waals surface area contributed by atoms with Crippen molar-refractivity contribution in [3.05, 3.63) is 23.8 Å². The van der Waals surface area contributed by atoms with E-state index in [9.17, 15) is 9.00 Å². The number of carbonyl (C=O) groups excluding carboxylic acids is 1. The average Bonchev–Trinajstić information content (AvgIpc) is 2.29. The molecule has 3 N–H and O–H groups in total. The fraction of sp³-hybridized carbons (Fsp3) is 0.462. The van der Waals surface area contributed by atoms with Crippen LogP contribution in [0.2, 0.25) is 0 Å². The van der Waals surface area contributed by atoms with Crippen LogP contribution in [0.5, 0.6) is 0 Å². The van der Waals surface area contributed by atoms with Crippen molar-refractivity contribution in [2.45, 2.75) is 38.1 Å². The summed E-state index contributed by atoms with van der Waals surface area (Å²) < 4.78 is 12.1. The van der Waals surface area contributed by atoms with Crippen molar-refractivity contribution in [1.82, 2.24) is 5.32 Å². The van der Waals surface area contributed by atoms with E-state index in [1.807, 2.05) is 20.8 Å². The van der Waals surface area contributed by atoms with Crippen LogP contribution in [0.3, 0.4) is 0 Å². The molecule has 4 nitrogen and oxygen atoms in total. The van der Waals surface area contributed by atoms with Gasteiger partial charge in [-0.3, -0.25) is 9.00 Å². The van der Waals surface area contributed by atoms with Gasteiger partial charge >= 0.3 is 0 Å². The molecule has 1 amide bonds. The first-order chi connectivity index (χ1) is 8.41. The zero-order valence-corrected chi connectivity index (χ0v) is 11.8. The Bertz CT molecular complexity index is 458. The standard InChI is InChI=1S/C13H20N2O2S/c1-9(2)15-13(16)7-8-18(17)12-6-4-5-11(14)10(12)3/h4-6,9H,7-8,14H2,1-3H3,(H,15,16). The second-order valence-corrected chi connectivity index (χ2v) is 6.03. The number of amides is 1. The number of carbonyl (C=O) groups is 1. The molecule has 0 radical (unpaired) electrons.